The van der Waals surface area contributed by atoms with E-state index >= 15 is 0 Å². The predicted octanol–water partition coefficient (Wildman–Crippen LogP) is 2.57. The summed E-state index contributed by atoms with van der Waals surface area (Å²) < 4.78 is 5.32. The first-order valence-electron chi connectivity index (χ1n) is 7.19. The van der Waals surface area contributed by atoms with Crippen molar-refractivity contribution >= 4 is 6.09 Å². The van der Waals surface area contributed by atoms with Gasteiger partial charge in [0, 0.05) is 18.1 Å². The zero-order valence-electron chi connectivity index (χ0n) is 11.8. The van der Waals surface area contributed by atoms with Crippen LogP contribution in [0.25, 0.3) is 0 Å². The number of ether oxygens (including phenoxy) is 1. The average molecular weight is 254 g/mol. The lowest BCUT2D eigenvalue weighted by molar-refractivity contribution is 0.0495. The predicted molar refractivity (Wildman–Crippen MR) is 71.6 cm³/mol. The van der Waals surface area contributed by atoms with Crippen molar-refractivity contribution in [2.75, 3.05) is 0 Å². The van der Waals surface area contributed by atoms with Crippen LogP contribution in [-0.4, -0.2) is 29.8 Å². The van der Waals surface area contributed by atoms with Crippen LogP contribution in [0.5, 0.6) is 0 Å². The summed E-state index contributed by atoms with van der Waals surface area (Å²) in [5.74, 6) is 0. The number of hydrogen-bond donors (Lipinski definition) is 2. The zero-order chi connectivity index (χ0) is 13.2. The molecule has 1 amide bonds. The number of carbonyl (C=O) groups is 1. The van der Waals surface area contributed by atoms with Crippen molar-refractivity contribution in [2.45, 2.75) is 83.0 Å². The van der Waals surface area contributed by atoms with Crippen molar-refractivity contribution in [3.05, 3.63) is 0 Å². The molecule has 104 valence electrons. The van der Waals surface area contributed by atoms with Crippen LogP contribution in [0.1, 0.15) is 59.3 Å². The topological polar surface area (TPSA) is 50.4 Å². The summed E-state index contributed by atoms with van der Waals surface area (Å²) in [5, 5.41) is 6.68. The van der Waals surface area contributed by atoms with E-state index in [0.717, 1.165) is 12.8 Å². The number of rotatable bonds is 3. The molecule has 4 nitrogen and oxygen atoms in total. The molecule has 0 bridgehead atoms. The summed E-state index contributed by atoms with van der Waals surface area (Å²) in [6, 6.07) is 1.35. The molecule has 0 heterocycles. The van der Waals surface area contributed by atoms with Gasteiger partial charge in [0.25, 0.3) is 0 Å². The van der Waals surface area contributed by atoms with Crippen molar-refractivity contribution in [2.24, 2.45) is 0 Å². The first-order valence-corrected chi connectivity index (χ1v) is 7.19. The maximum absolute atomic E-state index is 11.8. The normalized spacial score (nSPS) is 28.8. The molecule has 2 rings (SSSR count). The van der Waals surface area contributed by atoms with Gasteiger partial charge < -0.3 is 15.4 Å². The summed E-state index contributed by atoms with van der Waals surface area (Å²) >= 11 is 0. The maximum atomic E-state index is 11.8. The third-order valence-corrected chi connectivity index (χ3v) is 3.77. The van der Waals surface area contributed by atoms with Crippen LogP contribution >= 0.6 is 0 Å². The first-order chi connectivity index (χ1) is 8.44. The minimum Gasteiger partial charge on any atom is -0.444 e. The Kier molecular flexibility index (Phi) is 4.15. The largest absolute Gasteiger partial charge is 0.444 e. The summed E-state index contributed by atoms with van der Waals surface area (Å²) in [6.45, 7) is 5.68. The maximum Gasteiger partial charge on any atom is 0.407 e. The molecule has 0 aliphatic heterocycles. The molecule has 0 spiro atoms. The number of hydrogen-bond acceptors (Lipinski definition) is 3. The lowest BCUT2D eigenvalue weighted by Gasteiger charge is -2.33. The molecule has 0 unspecified atom stereocenters. The van der Waals surface area contributed by atoms with Gasteiger partial charge in [-0.05, 0) is 52.9 Å². The van der Waals surface area contributed by atoms with Gasteiger partial charge in [-0.15, -0.1) is 0 Å². The fourth-order valence-corrected chi connectivity index (χ4v) is 2.67. The smallest absolute Gasteiger partial charge is 0.407 e. The molecular weight excluding hydrogens is 228 g/mol. The van der Waals surface area contributed by atoms with Crippen molar-refractivity contribution < 1.29 is 9.53 Å². The van der Waals surface area contributed by atoms with E-state index in [1.807, 2.05) is 20.8 Å². The Hall–Kier alpha value is -0.770. The second-order valence-electron chi connectivity index (χ2n) is 6.58. The molecule has 2 aliphatic rings. The number of carbonyl (C=O) groups excluding carboxylic acids is 1. The van der Waals surface area contributed by atoms with Gasteiger partial charge in [0.1, 0.15) is 5.60 Å². The van der Waals surface area contributed by atoms with Gasteiger partial charge in [-0.3, -0.25) is 0 Å². The number of nitrogens with one attached hydrogen (secondary N) is 2. The van der Waals surface area contributed by atoms with E-state index in [4.69, 9.17) is 4.74 Å². The molecule has 0 aromatic carbocycles. The lowest BCUT2D eigenvalue weighted by Crippen LogP contribution is -2.52. The van der Waals surface area contributed by atoms with Crippen LogP contribution in [-0.2, 0) is 4.74 Å². The first kappa shape index (κ1) is 13.7. The Morgan fingerprint density at radius 2 is 1.67 bits per heavy atom. The highest BCUT2D eigenvalue weighted by Gasteiger charge is 2.32. The van der Waals surface area contributed by atoms with E-state index in [-0.39, 0.29) is 12.1 Å². The van der Waals surface area contributed by atoms with Crippen LogP contribution in [0, 0.1) is 0 Å². The molecule has 2 saturated carbocycles. The van der Waals surface area contributed by atoms with Gasteiger partial charge >= 0.3 is 6.09 Å². The van der Waals surface area contributed by atoms with E-state index in [1.165, 1.54) is 25.7 Å². The summed E-state index contributed by atoms with van der Waals surface area (Å²) in [7, 11) is 0. The Bertz CT molecular complexity index is 295. The van der Waals surface area contributed by atoms with Gasteiger partial charge in [0.2, 0.25) is 0 Å². The average Bonchev–Trinajstić information content (AvgIpc) is 2.55. The Morgan fingerprint density at radius 3 is 2.22 bits per heavy atom. The fourth-order valence-electron chi connectivity index (χ4n) is 2.67. The molecule has 2 N–H and O–H groups in total. The van der Waals surface area contributed by atoms with Crippen molar-refractivity contribution in [3.63, 3.8) is 0 Å². The SMILES string of the molecule is CC(C)(C)OC(=O)N[C@H]1CCC[C@@H]1NC1CCC1. The summed E-state index contributed by atoms with van der Waals surface area (Å²) in [5.41, 5.74) is -0.417. The van der Waals surface area contributed by atoms with Gasteiger partial charge in [-0.25, -0.2) is 4.79 Å². The highest BCUT2D eigenvalue weighted by atomic mass is 16.6. The molecule has 2 fully saturated rings. The van der Waals surface area contributed by atoms with E-state index in [0.29, 0.717) is 12.1 Å². The highest BCUT2D eigenvalue weighted by Crippen LogP contribution is 2.25. The van der Waals surface area contributed by atoms with Crippen LogP contribution in [0.2, 0.25) is 0 Å². The molecule has 18 heavy (non-hydrogen) atoms. The molecule has 0 radical (unpaired) electrons. The molecule has 0 aromatic heterocycles. The van der Waals surface area contributed by atoms with E-state index in [1.54, 1.807) is 0 Å². The Labute approximate surface area is 110 Å². The van der Waals surface area contributed by atoms with Crippen LogP contribution < -0.4 is 10.6 Å². The molecule has 2 aliphatic carbocycles. The lowest BCUT2D eigenvalue weighted by atomic mass is 9.92. The summed E-state index contributed by atoms with van der Waals surface area (Å²) in [6.07, 6.45) is 7.04. The van der Waals surface area contributed by atoms with E-state index < -0.39 is 5.60 Å². The number of amides is 1. The minimum atomic E-state index is -0.417. The van der Waals surface area contributed by atoms with Crippen molar-refractivity contribution in [1.29, 1.82) is 0 Å². The van der Waals surface area contributed by atoms with Gasteiger partial charge in [0.05, 0.1) is 0 Å². The fraction of sp³-hybridized carbons (Fsp3) is 0.929. The third-order valence-electron chi connectivity index (χ3n) is 3.77. The van der Waals surface area contributed by atoms with Gasteiger partial charge in [0.15, 0.2) is 0 Å². The minimum absolute atomic E-state index is 0.237. The van der Waals surface area contributed by atoms with Gasteiger partial charge in [-0.1, -0.05) is 6.42 Å². The zero-order valence-corrected chi connectivity index (χ0v) is 11.8. The quantitative estimate of drug-likeness (QED) is 0.814. The Morgan fingerprint density at radius 1 is 1.06 bits per heavy atom. The number of alkyl carbamates (subject to hydrolysis) is 1. The van der Waals surface area contributed by atoms with Crippen molar-refractivity contribution in [1.82, 2.24) is 10.6 Å². The van der Waals surface area contributed by atoms with Crippen molar-refractivity contribution in [3.8, 4) is 0 Å². The molecular formula is C14H26N2O2. The van der Waals surface area contributed by atoms with E-state index in [9.17, 15) is 4.79 Å². The molecule has 2 atom stereocenters. The second kappa shape index (κ2) is 5.47. The van der Waals surface area contributed by atoms with E-state index in [2.05, 4.69) is 10.6 Å². The van der Waals surface area contributed by atoms with Crippen LogP contribution in [0.3, 0.4) is 0 Å². The highest BCUT2D eigenvalue weighted by molar-refractivity contribution is 5.68. The molecule has 0 saturated heterocycles. The summed E-state index contributed by atoms with van der Waals surface area (Å²) in [4.78, 5) is 11.8. The van der Waals surface area contributed by atoms with Crippen LogP contribution in [0.4, 0.5) is 4.79 Å². The second-order valence-corrected chi connectivity index (χ2v) is 6.58. The van der Waals surface area contributed by atoms with Crippen LogP contribution in [0.15, 0.2) is 0 Å². The third kappa shape index (κ3) is 3.87. The standard InChI is InChI=1S/C14H26N2O2/c1-14(2,3)18-13(17)16-12-9-5-8-11(12)15-10-6-4-7-10/h10-12,15H,4-9H2,1-3H3,(H,16,17)/t11-,12-/m0/s1. The molecule has 0 aromatic rings. The molecule has 4 heteroatoms. The monoisotopic (exact) mass is 254 g/mol. The Balaban J connectivity index is 1.78. The van der Waals surface area contributed by atoms with Gasteiger partial charge in [-0.2, -0.15) is 0 Å².